The Labute approximate surface area is 197 Å². The summed E-state index contributed by atoms with van der Waals surface area (Å²) in [6, 6.07) is 36.5. The smallest absolute Gasteiger partial charge is 0.399 e. The summed E-state index contributed by atoms with van der Waals surface area (Å²) >= 11 is 0. The molecule has 0 bridgehead atoms. The van der Waals surface area contributed by atoms with Crippen molar-refractivity contribution in [2.45, 2.75) is 38.9 Å². The van der Waals surface area contributed by atoms with E-state index >= 15 is 0 Å². The summed E-state index contributed by atoms with van der Waals surface area (Å²) in [5.41, 5.74) is 7.57. The molecule has 1 aliphatic rings. The third-order valence-corrected chi connectivity index (χ3v) is 6.92. The van der Waals surface area contributed by atoms with Gasteiger partial charge in [0.05, 0.1) is 11.2 Å². The van der Waals surface area contributed by atoms with Gasteiger partial charge in [-0.2, -0.15) is 0 Å². The van der Waals surface area contributed by atoms with Crippen LogP contribution in [0.1, 0.15) is 27.7 Å². The summed E-state index contributed by atoms with van der Waals surface area (Å²) in [6.07, 6.45) is 0. The van der Waals surface area contributed by atoms with E-state index in [0.29, 0.717) is 0 Å². The largest absolute Gasteiger partial charge is 0.494 e. The first-order chi connectivity index (χ1) is 15.8. The molecule has 3 heteroatoms. The predicted molar refractivity (Wildman–Crippen MR) is 138 cm³/mol. The fourth-order valence-electron chi connectivity index (χ4n) is 4.20. The lowest BCUT2D eigenvalue weighted by Crippen LogP contribution is -2.41. The molecule has 2 nitrogen and oxygen atoms in total. The summed E-state index contributed by atoms with van der Waals surface area (Å²) < 4.78 is 12.5. The molecule has 0 unspecified atom stereocenters. The lowest BCUT2D eigenvalue weighted by Gasteiger charge is -2.32. The zero-order chi connectivity index (χ0) is 23.1. The van der Waals surface area contributed by atoms with Crippen LogP contribution in [-0.2, 0) is 9.31 Å². The maximum Gasteiger partial charge on any atom is 0.494 e. The molecule has 0 saturated carbocycles. The maximum absolute atomic E-state index is 6.23. The molecule has 1 aliphatic heterocycles. The summed E-state index contributed by atoms with van der Waals surface area (Å²) in [6.45, 7) is 8.34. The molecular weight excluding hydrogens is 403 g/mol. The van der Waals surface area contributed by atoms with Crippen molar-refractivity contribution in [2.24, 2.45) is 0 Å². The molecule has 1 fully saturated rings. The van der Waals surface area contributed by atoms with Gasteiger partial charge >= 0.3 is 7.12 Å². The minimum Gasteiger partial charge on any atom is -0.399 e. The Balaban J connectivity index is 1.52. The lowest BCUT2D eigenvalue weighted by molar-refractivity contribution is 0.00578. The number of hydrogen-bond acceptors (Lipinski definition) is 2. The van der Waals surface area contributed by atoms with Gasteiger partial charge in [0.1, 0.15) is 0 Å². The third-order valence-electron chi connectivity index (χ3n) is 6.92. The first kappa shape index (κ1) is 21.7. The third kappa shape index (κ3) is 4.27. The van der Waals surface area contributed by atoms with Crippen molar-refractivity contribution in [3.63, 3.8) is 0 Å². The van der Waals surface area contributed by atoms with Crippen molar-refractivity contribution < 1.29 is 9.31 Å². The molecule has 4 aromatic rings. The van der Waals surface area contributed by atoms with Gasteiger partial charge < -0.3 is 9.31 Å². The SMILES string of the molecule is CC1(C)OB(c2ccc(-c3cc(-c4ccccc4)cc(-c4ccccc4)c3)cc2)OC1(C)C. The van der Waals surface area contributed by atoms with E-state index in [9.17, 15) is 0 Å². The molecule has 0 aliphatic carbocycles. The van der Waals surface area contributed by atoms with Gasteiger partial charge in [-0.15, -0.1) is 0 Å². The molecule has 0 spiro atoms. The molecule has 1 saturated heterocycles. The number of benzene rings is 4. The Morgan fingerprint density at radius 2 is 0.818 bits per heavy atom. The van der Waals surface area contributed by atoms with Crippen molar-refractivity contribution >= 4 is 12.6 Å². The van der Waals surface area contributed by atoms with E-state index in [1.807, 2.05) is 0 Å². The Kier molecular flexibility index (Phi) is 5.48. The van der Waals surface area contributed by atoms with Gasteiger partial charge in [-0.05, 0) is 84.7 Å². The standard InChI is InChI=1S/C30H29BO2/c1-29(2)30(3,4)33-31(32-29)28-17-15-24(16-18-28)27-20-25(22-11-7-5-8-12-22)19-26(21-27)23-13-9-6-10-14-23/h5-21H,1-4H3. The molecule has 4 aromatic carbocycles. The second-order valence-electron chi connectivity index (χ2n) is 9.74. The summed E-state index contributed by atoms with van der Waals surface area (Å²) in [4.78, 5) is 0. The van der Waals surface area contributed by atoms with E-state index in [-0.39, 0.29) is 18.3 Å². The van der Waals surface area contributed by atoms with Crippen molar-refractivity contribution in [1.82, 2.24) is 0 Å². The fraction of sp³-hybridized carbons (Fsp3) is 0.200. The second kappa shape index (κ2) is 8.33. The van der Waals surface area contributed by atoms with Gasteiger partial charge in [0.15, 0.2) is 0 Å². The van der Waals surface area contributed by atoms with Crippen molar-refractivity contribution in [3.8, 4) is 33.4 Å². The zero-order valence-corrected chi connectivity index (χ0v) is 19.7. The fourth-order valence-corrected chi connectivity index (χ4v) is 4.20. The molecule has 0 aromatic heterocycles. The highest BCUT2D eigenvalue weighted by atomic mass is 16.7. The van der Waals surface area contributed by atoms with Crippen LogP contribution >= 0.6 is 0 Å². The highest BCUT2D eigenvalue weighted by molar-refractivity contribution is 6.62. The maximum atomic E-state index is 6.23. The minimum atomic E-state index is -0.348. The highest BCUT2D eigenvalue weighted by Crippen LogP contribution is 2.37. The summed E-state index contributed by atoms with van der Waals surface area (Å²) in [5, 5.41) is 0. The zero-order valence-electron chi connectivity index (χ0n) is 19.7. The highest BCUT2D eigenvalue weighted by Gasteiger charge is 2.51. The van der Waals surface area contributed by atoms with Gasteiger partial charge in [0.25, 0.3) is 0 Å². The molecule has 5 rings (SSSR count). The second-order valence-corrected chi connectivity index (χ2v) is 9.74. The van der Waals surface area contributed by atoms with E-state index in [4.69, 9.17) is 9.31 Å². The average Bonchev–Trinajstić information content (AvgIpc) is 3.07. The van der Waals surface area contributed by atoms with E-state index < -0.39 is 0 Å². The van der Waals surface area contributed by atoms with Crippen LogP contribution in [0.15, 0.2) is 103 Å². The molecule has 0 atom stereocenters. The van der Waals surface area contributed by atoms with Crippen molar-refractivity contribution in [1.29, 1.82) is 0 Å². The van der Waals surface area contributed by atoms with Crippen LogP contribution < -0.4 is 5.46 Å². The Bertz CT molecular complexity index is 1170. The molecule has 164 valence electrons. The van der Waals surface area contributed by atoms with Crippen molar-refractivity contribution in [2.75, 3.05) is 0 Å². The van der Waals surface area contributed by atoms with E-state index in [1.54, 1.807) is 0 Å². The van der Waals surface area contributed by atoms with Crippen LogP contribution in [0.5, 0.6) is 0 Å². The first-order valence-electron chi connectivity index (χ1n) is 11.5. The normalized spacial score (nSPS) is 16.7. The van der Waals surface area contributed by atoms with Crippen LogP contribution in [0.4, 0.5) is 0 Å². The molecule has 0 radical (unpaired) electrons. The Morgan fingerprint density at radius 3 is 1.21 bits per heavy atom. The summed E-state index contributed by atoms with van der Waals surface area (Å²) in [5.74, 6) is 0. The minimum absolute atomic E-state index is 0.342. The Hall–Kier alpha value is -3.14. The van der Waals surface area contributed by atoms with Gasteiger partial charge in [-0.25, -0.2) is 0 Å². The average molecular weight is 432 g/mol. The topological polar surface area (TPSA) is 18.5 Å². The quantitative estimate of drug-likeness (QED) is 0.324. The van der Waals surface area contributed by atoms with Crippen LogP contribution in [0.25, 0.3) is 33.4 Å². The van der Waals surface area contributed by atoms with E-state index in [2.05, 4.69) is 131 Å². The van der Waals surface area contributed by atoms with Gasteiger partial charge in [0, 0.05) is 0 Å². The molecule has 1 heterocycles. The van der Waals surface area contributed by atoms with Crippen LogP contribution in [0, 0.1) is 0 Å². The summed E-state index contributed by atoms with van der Waals surface area (Å²) in [7, 11) is -0.348. The van der Waals surface area contributed by atoms with E-state index in [1.165, 1.54) is 33.4 Å². The van der Waals surface area contributed by atoms with E-state index in [0.717, 1.165) is 5.46 Å². The van der Waals surface area contributed by atoms with Crippen molar-refractivity contribution in [3.05, 3.63) is 103 Å². The molecule has 33 heavy (non-hydrogen) atoms. The lowest BCUT2D eigenvalue weighted by atomic mass is 9.78. The monoisotopic (exact) mass is 432 g/mol. The van der Waals surface area contributed by atoms with Gasteiger partial charge in [-0.3, -0.25) is 0 Å². The van der Waals surface area contributed by atoms with Crippen LogP contribution in [0.2, 0.25) is 0 Å². The predicted octanol–water partition coefficient (Wildman–Crippen LogP) is 6.99. The molecule has 0 amide bonds. The van der Waals surface area contributed by atoms with Gasteiger partial charge in [0.2, 0.25) is 0 Å². The van der Waals surface area contributed by atoms with Crippen LogP contribution in [0.3, 0.4) is 0 Å². The van der Waals surface area contributed by atoms with Crippen LogP contribution in [-0.4, -0.2) is 18.3 Å². The number of rotatable bonds is 4. The first-order valence-corrected chi connectivity index (χ1v) is 11.5. The van der Waals surface area contributed by atoms with Gasteiger partial charge in [-0.1, -0.05) is 84.9 Å². The molecule has 0 N–H and O–H groups in total. The molecular formula is C30H29BO2. The number of hydrogen-bond donors (Lipinski definition) is 0. The Morgan fingerprint density at radius 1 is 0.455 bits per heavy atom.